The Hall–Kier alpha value is -2.86. The van der Waals surface area contributed by atoms with E-state index in [1.54, 1.807) is 24.3 Å². The van der Waals surface area contributed by atoms with Crippen molar-refractivity contribution < 1.29 is 9.59 Å². The van der Waals surface area contributed by atoms with Gasteiger partial charge in [-0.25, -0.2) is 4.79 Å². The largest absolute Gasteiger partial charge is 0.349 e. The highest BCUT2D eigenvalue weighted by molar-refractivity contribution is 6.00. The summed E-state index contributed by atoms with van der Waals surface area (Å²) in [4.78, 5) is 24.3. The summed E-state index contributed by atoms with van der Waals surface area (Å²) in [6.07, 6.45) is 1.88. The van der Waals surface area contributed by atoms with Crippen LogP contribution in [0.1, 0.15) is 30.1 Å². The first-order valence-corrected chi connectivity index (χ1v) is 8.87. The van der Waals surface area contributed by atoms with E-state index in [2.05, 4.69) is 28.2 Å². The third-order valence-electron chi connectivity index (χ3n) is 4.40. The molecule has 1 fully saturated rings. The summed E-state index contributed by atoms with van der Waals surface area (Å²) in [7, 11) is 0. The first-order chi connectivity index (χ1) is 12.6. The van der Waals surface area contributed by atoms with Crippen LogP contribution in [0.15, 0.2) is 54.6 Å². The molecule has 2 aromatic rings. The van der Waals surface area contributed by atoms with E-state index in [0.717, 1.165) is 25.1 Å². The minimum atomic E-state index is -0.322. The van der Waals surface area contributed by atoms with Gasteiger partial charge in [0.25, 0.3) is 5.91 Å². The fourth-order valence-electron chi connectivity index (χ4n) is 3.05. The van der Waals surface area contributed by atoms with Crippen molar-refractivity contribution in [3.8, 4) is 0 Å². The molecule has 6 heteroatoms. The van der Waals surface area contributed by atoms with Gasteiger partial charge in [0.15, 0.2) is 0 Å². The van der Waals surface area contributed by atoms with E-state index in [1.807, 2.05) is 30.3 Å². The maximum absolute atomic E-state index is 12.4. The van der Waals surface area contributed by atoms with Gasteiger partial charge in [-0.3, -0.25) is 4.79 Å². The fraction of sp³-hybridized carbons (Fsp3) is 0.300. The Morgan fingerprint density at radius 3 is 2.27 bits per heavy atom. The van der Waals surface area contributed by atoms with Gasteiger partial charge in [0.05, 0.1) is 0 Å². The van der Waals surface area contributed by atoms with Crippen molar-refractivity contribution in [2.45, 2.75) is 31.8 Å². The predicted molar refractivity (Wildman–Crippen MR) is 103 cm³/mol. The van der Waals surface area contributed by atoms with E-state index in [9.17, 15) is 9.59 Å². The van der Waals surface area contributed by atoms with Crippen LogP contribution in [0.25, 0.3) is 0 Å². The number of urea groups is 1. The standard InChI is InChI=1S/C20H24N4O2/c1-14-13-18(11-12-21-14)22-19(25)15-7-9-17(10-8-15)24-20(26)23-16-5-3-2-4-6-16/h2-10,14,18,21H,11-13H2,1H3,(H,22,25)(H2,23,24,26). The Balaban J connectivity index is 1.52. The maximum atomic E-state index is 12.4. The number of benzene rings is 2. The van der Waals surface area contributed by atoms with Gasteiger partial charge in [-0.2, -0.15) is 0 Å². The second kappa shape index (κ2) is 8.49. The first kappa shape index (κ1) is 17.9. The van der Waals surface area contributed by atoms with Gasteiger partial charge in [0, 0.05) is 29.0 Å². The lowest BCUT2D eigenvalue weighted by Gasteiger charge is -2.28. The molecule has 0 aliphatic carbocycles. The van der Waals surface area contributed by atoms with E-state index in [-0.39, 0.29) is 18.0 Å². The van der Waals surface area contributed by atoms with Gasteiger partial charge in [-0.05, 0) is 62.7 Å². The van der Waals surface area contributed by atoms with Crippen molar-refractivity contribution in [2.75, 3.05) is 17.2 Å². The average Bonchev–Trinajstić information content (AvgIpc) is 2.63. The fourth-order valence-corrected chi connectivity index (χ4v) is 3.05. The molecule has 6 nitrogen and oxygen atoms in total. The molecule has 136 valence electrons. The van der Waals surface area contributed by atoms with Crippen molar-refractivity contribution in [3.05, 3.63) is 60.2 Å². The Kier molecular flexibility index (Phi) is 5.86. The molecule has 4 N–H and O–H groups in total. The van der Waals surface area contributed by atoms with Gasteiger partial charge in [0.1, 0.15) is 0 Å². The van der Waals surface area contributed by atoms with Crippen LogP contribution in [0.4, 0.5) is 16.2 Å². The molecule has 1 saturated heterocycles. The zero-order valence-electron chi connectivity index (χ0n) is 14.8. The lowest BCUT2D eigenvalue weighted by molar-refractivity contribution is 0.0925. The zero-order chi connectivity index (χ0) is 18.4. The van der Waals surface area contributed by atoms with Gasteiger partial charge in [-0.15, -0.1) is 0 Å². The van der Waals surface area contributed by atoms with Crippen LogP contribution in [-0.2, 0) is 0 Å². The van der Waals surface area contributed by atoms with Crippen molar-refractivity contribution >= 4 is 23.3 Å². The molecule has 0 spiro atoms. The molecule has 2 atom stereocenters. The lowest BCUT2D eigenvalue weighted by Crippen LogP contribution is -2.46. The highest BCUT2D eigenvalue weighted by atomic mass is 16.2. The Labute approximate surface area is 153 Å². The van der Waals surface area contributed by atoms with Crippen LogP contribution >= 0.6 is 0 Å². The average molecular weight is 352 g/mol. The minimum Gasteiger partial charge on any atom is -0.349 e. The molecule has 1 aliphatic heterocycles. The Morgan fingerprint density at radius 2 is 1.62 bits per heavy atom. The number of carbonyl (C=O) groups excluding carboxylic acids is 2. The van der Waals surface area contributed by atoms with Crippen LogP contribution in [0.3, 0.4) is 0 Å². The van der Waals surface area contributed by atoms with Crippen LogP contribution in [-0.4, -0.2) is 30.6 Å². The summed E-state index contributed by atoms with van der Waals surface area (Å²) in [5, 5.41) is 12.0. The summed E-state index contributed by atoms with van der Waals surface area (Å²) < 4.78 is 0. The SMILES string of the molecule is CC1CC(NC(=O)c2ccc(NC(=O)Nc3ccccc3)cc2)CCN1. The number of amides is 3. The first-order valence-electron chi connectivity index (χ1n) is 8.87. The molecular formula is C20H24N4O2. The maximum Gasteiger partial charge on any atom is 0.323 e. The molecule has 26 heavy (non-hydrogen) atoms. The van der Waals surface area contributed by atoms with Crippen molar-refractivity contribution in [1.29, 1.82) is 0 Å². The summed E-state index contributed by atoms with van der Waals surface area (Å²) in [5.41, 5.74) is 1.94. The molecular weight excluding hydrogens is 328 g/mol. The summed E-state index contributed by atoms with van der Waals surface area (Å²) >= 11 is 0. The van der Waals surface area contributed by atoms with E-state index < -0.39 is 0 Å². The highest BCUT2D eigenvalue weighted by Crippen LogP contribution is 2.13. The van der Waals surface area contributed by atoms with Crippen LogP contribution in [0, 0.1) is 0 Å². The van der Waals surface area contributed by atoms with Crippen molar-refractivity contribution in [2.24, 2.45) is 0 Å². The van der Waals surface area contributed by atoms with E-state index >= 15 is 0 Å². The Bertz CT molecular complexity index is 746. The normalized spacial score (nSPS) is 19.4. The van der Waals surface area contributed by atoms with Crippen molar-refractivity contribution in [3.63, 3.8) is 0 Å². The number of anilines is 2. The number of piperidine rings is 1. The zero-order valence-corrected chi connectivity index (χ0v) is 14.8. The third-order valence-corrected chi connectivity index (χ3v) is 4.40. The monoisotopic (exact) mass is 352 g/mol. The number of hydrogen-bond acceptors (Lipinski definition) is 3. The molecule has 0 saturated carbocycles. The molecule has 0 radical (unpaired) electrons. The number of rotatable bonds is 4. The van der Waals surface area contributed by atoms with E-state index in [1.165, 1.54) is 0 Å². The molecule has 1 heterocycles. The predicted octanol–water partition coefficient (Wildman–Crippen LogP) is 3.20. The van der Waals surface area contributed by atoms with Gasteiger partial charge in [0.2, 0.25) is 0 Å². The third kappa shape index (κ3) is 5.07. The van der Waals surface area contributed by atoms with Crippen LogP contribution in [0.5, 0.6) is 0 Å². The topological polar surface area (TPSA) is 82.3 Å². The molecule has 2 aromatic carbocycles. The summed E-state index contributed by atoms with van der Waals surface area (Å²) in [6, 6.07) is 16.4. The van der Waals surface area contributed by atoms with Crippen LogP contribution < -0.4 is 21.3 Å². The molecule has 0 bridgehead atoms. The smallest absolute Gasteiger partial charge is 0.323 e. The molecule has 1 aliphatic rings. The van der Waals surface area contributed by atoms with E-state index in [0.29, 0.717) is 17.3 Å². The second-order valence-corrected chi connectivity index (χ2v) is 6.57. The van der Waals surface area contributed by atoms with E-state index in [4.69, 9.17) is 0 Å². The number of carbonyl (C=O) groups is 2. The summed E-state index contributed by atoms with van der Waals surface area (Å²) in [6.45, 7) is 3.05. The lowest BCUT2D eigenvalue weighted by atomic mass is 10.0. The number of nitrogens with one attached hydrogen (secondary N) is 4. The quantitative estimate of drug-likeness (QED) is 0.682. The molecule has 3 rings (SSSR count). The van der Waals surface area contributed by atoms with Crippen LogP contribution in [0.2, 0.25) is 0 Å². The molecule has 0 aromatic heterocycles. The number of hydrogen-bond donors (Lipinski definition) is 4. The van der Waals surface area contributed by atoms with Gasteiger partial charge >= 0.3 is 6.03 Å². The molecule has 3 amide bonds. The summed E-state index contributed by atoms with van der Waals surface area (Å²) in [5.74, 6) is -0.0793. The minimum absolute atomic E-state index is 0.0793. The van der Waals surface area contributed by atoms with Gasteiger partial charge in [-0.1, -0.05) is 18.2 Å². The highest BCUT2D eigenvalue weighted by Gasteiger charge is 2.20. The molecule has 2 unspecified atom stereocenters. The van der Waals surface area contributed by atoms with Gasteiger partial charge < -0.3 is 21.3 Å². The second-order valence-electron chi connectivity index (χ2n) is 6.57. The van der Waals surface area contributed by atoms with Crippen molar-refractivity contribution in [1.82, 2.24) is 10.6 Å². The number of para-hydroxylation sites is 1. The Morgan fingerprint density at radius 1 is 0.962 bits per heavy atom.